The maximum atomic E-state index is 14.3. The van der Waals surface area contributed by atoms with Gasteiger partial charge in [-0.1, -0.05) is 69.3 Å². The highest BCUT2D eigenvalue weighted by atomic mass is 16.6. The van der Waals surface area contributed by atoms with Gasteiger partial charge in [0.05, 0.1) is 0 Å². The van der Waals surface area contributed by atoms with Gasteiger partial charge in [-0.15, -0.1) is 0 Å². The summed E-state index contributed by atoms with van der Waals surface area (Å²) >= 11 is 0. The molecule has 0 saturated carbocycles. The Bertz CT molecular complexity index is 1110. The van der Waals surface area contributed by atoms with Crippen molar-refractivity contribution >= 4 is 17.9 Å². The number of alkyl carbamates (subject to hydrolysis) is 1. The van der Waals surface area contributed by atoms with Crippen molar-refractivity contribution in [1.29, 1.82) is 0 Å². The van der Waals surface area contributed by atoms with E-state index in [2.05, 4.69) is 10.6 Å². The maximum Gasteiger partial charge on any atom is 0.408 e. The molecule has 0 spiro atoms. The van der Waals surface area contributed by atoms with Gasteiger partial charge in [0.1, 0.15) is 17.7 Å². The number of carbonyl (C=O) groups is 3. The first-order chi connectivity index (χ1) is 18.2. The zero-order chi connectivity index (χ0) is 29.3. The van der Waals surface area contributed by atoms with Crippen LogP contribution in [-0.2, 0) is 20.9 Å². The summed E-state index contributed by atoms with van der Waals surface area (Å²) in [5, 5.41) is 5.87. The maximum absolute atomic E-state index is 14.3. The molecule has 214 valence electrons. The third kappa shape index (κ3) is 9.41. The summed E-state index contributed by atoms with van der Waals surface area (Å²) in [4.78, 5) is 42.8. The van der Waals surface area contributed by atoms with Crippen LogP contribution in [0.15, 0.2) is 48.5 Å². The van der Waals surface area contributed by atoms with Gasteiger partial charge in [-0.05, 0) is 82.6 Å². The van der Waals surface area contributed by atoms with Gasteiger partial charge in [0.2, 0.25) is 11.8 Å². The van der Waals surface area contributed by atoms with E-state index < -0.39 is 23.8 Å². The minimum atomic E-state index is -0.869. The molecule has 3 unspecified atom stereocenters. The summed E-state index contributed by atoms with van der Waals surface area (Å²) in [5.41, 5.74) is 3.03. The Morgan fingerprint density at radius 3 is 2.15 bits per heavy atom. The summed E-state index contributed by atoms with van der Waals surface area (Å²) in [6, 6.07) is 13.5. The summed E-state index contributed by atoms with van der Waals surface area (Å²) in [6.07, 6.45) is 0.401. The molecule has 0 bridgehead atoms. The van der Waals surface area contributed by atoms with E-state index in [9.17, 15) is 14.4 Å². The number of nitrogens with one attached hydrogen (secondary N) is 2. The average molecular weight is 538 g/mol. The molecule has 39 heavy (non-hydrogen) atoms. The third-order valence-electron chi connectivity index (χ3n) is 6.79. The summed E-state index contributed by atoms with van der Waals surface area (Å²) in [5.74, 6) is -0.440. The van der Waals surface area contributed by atoms with Crippen LogP contribution in [-0.4, -0.2) is 40.5 Å². The predicted molar refractivity (Wildman–Crippen MR) is 156 cm³/mol. The standard InChI is InChI=1S/C32H47N3O4/c1-10-23(5)35(30(37)27(19-21(2)3)34-31(38)39-32(7,8)9)28(26-18-14-15-22(4)24(26)6)29(36)33-20-25-16-12-11-13-17-25/h11-18,21,23,27-28H,10,19-20H2,1-9H3,(H,33,36)(H,34,38). The second kappa shape index (κ2) is 14.2. The van der Waals surface area contributed by atoms with Crippen LogP contribution in [0.1, 0.15) is 89.6 Å². The van der Waals surface area contributed by atoms with Gasteiger partial charge in [-0.3, -0.25) is 9.59 Å². The van der Waals surface area contributed by atoms with Gasteiger partial charge in [0.15, 0.2) is 0 Å². The fourth-order valence-electron chi connectivity index (χ4n) is 4.49. The Balaban J connectivity index is 2.55. The zero-order valence-corrected chi connectivity index (χ0v) is 25.1. The number of hydrogen-bond donors (Lipinski definition) is 2. The largest absolute Gasteiger partial charge is 0.444 e. The number of ether oxygens (including phenoxy) is 1. The highest BCUT2D eigenvalue weighted by molar-refractivity contribution is 5.92. The Hall–Kier alpha value is -3.35. The molecule has 2 aromatic carbocycles. The molecule has 0 aliphatic carbocycles. The monoisotopic (exact) mass is 537 g/mol. The quantitative estimate of drug-likeness (QED) is 0.356. The second-order valence-corrected chi connectivity index (χ2v) is 11.7. The van der Waals surface area contributed by atoms with Gasteiger partial charge >= 0.3 is 6.09 Å². The van der Waals surface area contributed by atoms with Crippen LogP contribution < -0.4 is 10.6 Å². The van der Waals surface area contributed by atoms with E-state index in [0.717, 1.165) is 22.3 Å². The highest BCUT2D eigenvalue weighted by Gasteiger charge is 2.39. The Kier molecular flexibility index (Phi) is 11.6. The van der Waals surface area contributed by atoms with Crippen molar-refractivity contribution in [3.05, 3.63) is 70.8 Å². The van der Waals surface area contributed by atoms with Crippen molar-refractivity contribution in [2.24, 2.45) is 5.92 Å². The molecule has 2 N–H and O–H groups in total. The van der Waals surface area contributed by atoms with Crippen LogP contribution in [0.3, 0.4) is 0 Å². The lowest BCUT2D eigenvalue weighted by atomic mass is 9.93. The van der Waals surface area contributed by atoms with E-state index >= 15 is 0 Å². The van der Waals surface area contributed by atoms with Crippen LogP contribution in [0.25, 0.3) is 0 Å². The molecule has 0 heterocycles. The molecular weight excluding hydrogens is 490 g/mol. The number of rotatable bonds is 11. The number of benzene rings is 2. The fourth-order valence-corrected chi connectivity index (χ4v) is 4.49. The lowest BCUT2D eigenvalue weighted by molar-refractivity contribution is -0.145. The molecule has 0 aliphatic rings. The Morgan fingerprint density at radius 1 is 0.949 bits per heavy atom. The van der Waals surface area contributed by atoms with Crippen LogP contribution in [0, 0.1) is 19.8 Å². The number of aryl methyl sites for hydroxylation is 1. The third-order valence-corrected chi connectivity index (χ3v) is 6.79. The molecule has 7 nitrogen and oxygen atoms in total. The molecule has 3 amide bonds. The van der Waals surface area contributed by atoms with Crippen molar-refractivity contribution < 1.29 is 19.1 Å². The van der Waals surface area contributed by atoms with E-state index in [-0.39, 0.29) is 23.8 Å². The van der Waals surface area contributed by atoms with Gasteiger partial charge in [-0.2, -0.15) is 0 Å². The van der Waals surface area contributed by atoms with E-state index in [1.807, 2.05) is 90.1 Å². The smallest absolute Gasteiger partial charge is 0.408 e. The van der Waals surface area contributed by atoms with E-state index in [1.54, 1.807) is 25.7 Å². The molecule has 2 rings (SSSR count). The minimum Gasteiger partial charge on any atom is -0.444 e. The first kappa shape index (κ1) is 31.9. The molecular formula is C32H47N3O4. The van der Waals surface area contributed by atoms with E-state index in [4.69, 9.17) is 4.74 Å². The van der Waals surface area contributed by atoms with Crippen molar-refractivity contribution in [3.63, 3.8) is 0 Å². The van der Waals surface area contributed by atoms with Crippen molar-refractivity contribution in [2.75, 3.05) is 0 Å². The number of nitrogens with zero attached hydrogens (tertiary/aromatic N) is 1. The van der Waals surface area contributed by atoms with Crippen molar-refractivity contribution in [2.45, 2.75) is 105 Å². The molecule has 3 atom stereocenters. The number of amides is 3. The van der Waals surface area contributed by atoms with Crippen molar-refractivity contribution in [1.82, 2.24) is 15.5 Å². The minimum absolute atomic E-state index is 0.124. The molecule has 0 aliphatic heterocycles. The summed E-state index contributed by atoms with van der Waals surface area (Å²) in [7, 11) is 0. The summed E-state index contributed by atoms with van der Waals surface area (Å²) in [6.45, 7) is 17.6. The Morgan fingerprint density at radius 2 is 1.59 bits per heavy atom. The summed E-state index contributed by atoms with van der Waals surface area (Å²) < 4.78 is 5.48. The van der Waals surface area contributed by atoms with E-state index in [1.165, 1.54) is 0 Å². The lowest BCUT2D eigenvalue weighted by Crippen LogP contribution is -2.55. The fraction of sp³-hybridized carbons (Fsp3) is 0.531. The first-order valence-corrected chi connectivity index (χ1v) is 13.9. The zero-order valence-electron chi connectivity index (χ0n) is 25.1. The van der Waals surface area contributed by atoms with Crippen LogP contribution in [0.2, 0.25) is 0 Å². The predicted octanol–water partition coefficient (Wildman–Crippen LogP) is 6.23. The number of hydrogen-bond acceptors (Lipinski definition) is 4. The van der Waals surface area contributed by atoms with E-state index in [0.29, 0.717) is 19.4 Å². The molecule has 0 fully saturated rings. The van der Waals surface area contributed by atoms with Gasteiger partial charge in [0, 0.05) is 12.6 Å². The molecule has 2 aromatic rings. The molecule has 0 aromatic heterocycles. The molecule has 7 heteroatoms. The average Bonchev–Trinajstić information content (AvgIpc) is 2.85. The van der Waals surface area contributed by atoms with Gasteiger partial charge in [-0.25, -0.2) is 4.79 Å². The van der Waals surface area contributed by atoms with Crippen LogP contribution >= 0.6 is 0 Å². The normalized spacial score (nSPS) is 13.8. The topological polar surface area (TPSA) is 87.7 Å². The Labute approximate surface area is 234 Å². The highest BCUT2D eigenvalue weighted by Crippen LogP contribution is 2.30. The van der Waals surface area contributed by atoms with Gasteiger partial charge in [0.25, 0.3) is 0 Å². The number of carbonyl (C=O) groups excluding carboxylic acids is 3. The van der Waals surface area contributed by atoms with Crippen LogP contribution in [0.4, 0.5) is 4.79 Å². The first-order valence-electron chi connectivity index (χ1n) is 13.9. The molecule has 0 radical (unpaired) electrons. The van der Waals surface area contributed by atoms with Crippen LogP contribution in [0.5, 0.6) is 0 Å². The SMILES string of the molecule is CCC(C)N(C(=O)C(CC(C)C)NC(=O)OC(C)(C)C)C(C(=O)NCc1ccccc1)c1cccc(C)c1C. The van der Waals surface area contributed by atoms with Gasteiger partial charge < -0.3 is 20.3 Å². The molecule has 0 saturated heterocycles. The second-order valence-electron chi connectivity index (χ2n) is 11.7. The van der Waals surface area contributed by atoms with Crippen molar-refractivity contribution in [3.8, 4) is 0 Å². The lowest BCUT2D eigenvalue weighted by Gasteiger charge is -2.39.